The van der Waals surface area contributed by atoms with Crippen LogP contribution in [0.5, 0.6) is 0 Å². The molecule has 1 saturated carbocycles. The van der Waals surface area contributed by atoms with Crippen LogP contribution >= 0.6 is 0 Å². The minimum atomic E-state index is -5.37. The summed E-state index contributed by atoms with van der Waals surface area (Å²) in [4.78, 5) is 0. The van der Waals surface area contributed by atoms with E-state index in [2.05, 4.69) is 0 Å². The first-order chi connectivity index (χ1) is 8.12. The number of hydrogen-bond acceptors (Lipinski definition) is 1. The second-order valence-electron chi connectivity index (χ2n) is 4.61. The Labute approximate surface area is 101 Å². The zero-order chi connectivity index (χ0) is 14.2. The fourth-order valence-electron chi connectivity index (χ4n) is 3.18. The molecule has 0 radical (unpaired) electrons. The van der Waals surface area contributed by atoms with Gasteiger partial charge in [-0.25, -0.2) is 0 Å². The maximum absolute atomic E-state index is 13.1. The van der Waals surface area contributed by atoms with Crippen LogP contribution < -0.4 is 0 Å². The fraction of sp³-hybridized carbons (Fsp3) is 0.909. The first-order valence-electron chi connectivity index (χ1n) is 5.63. The highest BCUT2D eigenvalue weighted by Crippen LogP contribution is 2.66. The Morgan fingerprint density at radius 1 is 1.06 bits per heavy atom. The monoisotopic (exact) mass is 273 g/mol. The molecule has 0 aromatic heterocycles. The third-order valence-electron chi connectivity index (χ3n) is 3.92. The van der Waals surface area contributed by atoms with E-state index in [1.165, 1.54) is 13.0 Å². The quantitative estimate of drug-likeness (QED) is 0.682. The van der Waals surface area contributed by atoms with Gasteiger partial charge in [0.2, 0.25) is 0 Å². The van der Waals surface area contributed by atoms with Crippen molar-refractivity contribution >= 4 is 0 Å². The lowest BCUT2D eigenvalue weighted by molar-refractivity contribution is -0.366. The van der Waals surface area contributed by atoms with Crippen molar-refractivity contribution in [2.24, 2.45) is 17.3 Å². The molecule has 18 heavy (non-hydrogen) atoms. The summed E-state index contributed by atoms with van der Waals surface area (Å²) < 4.78 is 78.6. The number of nitrogens with zero attached hydrogens (tertiary/aromatic N) is 1. The van der Waals surface area contributed by atoms with Crippen molar-refractivity contribution < 1.29 is 26.3 Å². The number of nitriles is 1. The van der Waals surface area contributed by atoms with Crippen LogP contribution in [0.1, 0.15) is 32.6 Å². The average Bonchev–Trinajstić information content (AvgIpc) is 2.56. The van der Waals surface area contributed by atoms with Gasteiger partial charge in [-0.2, -0.15) is 31.6 Å². The van der Waals surface area contributed by atoms with Crippen LogP contribution in [-0.2, 0) is 0 Å². The van der Waals surface area contributed by atoms with Crippen LogP contribution in [0.25, 0.3) is 0 Å². The Balaban J connectivity index is 3.39. The molecular formula is C11H13F6N. The summed E-state index contributed by atoms with van der Waals surface area (Å²) in [7, 11) is 0. The largest absolute Gasteiger partial charge is 0.403 e. The molecule has 0 heterocycles. The van der Waals surface area contributed by atoms with E-state index in [0.29, 0.717) is 0 Å². The van der Waals surface area contributed by atoms with Crippen LogP contribution in [0.3, 0.4) is 0 Å². The first kappa shape index (κ1) is 15.1. The van der Waals surface area contributed by atoms with Gasteiger partial charge in [0.15, 0.2) is 5.41 Å². The molecule has 1 rings (SSSR count). The van der Waals surface area contributed by atoms with Crippen molar-refractivity contribution in [3.8, 4) is 6.07 Å². The number of halogens is 6. The van der Waals surface area contributed by atoms with Gasteiger partial charge in [-0.3, -0.25) is 0 Å². The molecule has 104 valence electrons. The number of rotatable bonds is 2. The van der Waals surface area contributed by atoms with Crippen LogP contribution in [0.2, 0.25) is 0 Å². The molecule has 7 heteroatoms. The van der Waals surface area contributed by atoms with Gasteiger partial charge in [-0.1, -0.05) is 13.3 Å². The Hall–Kier alpha value is -0.930. The van der Waals surface area contributed by atoms with Crippen molar-refractivity contribution in [3.05, 3.63) is 0 Å². The second kappa shape index (κ2) is 4.63. The number of hydrogen-bond donors (Lipinski definition) is 0. The molecule has 0 saturated heterocycles. The normalized spacial score (nSPS) is 28.1. The summed E-state index contributed by atoms with van der Waals surface area (Å²) in [6, 6.07) is 1.45. The van der Waals surface area contributed by atoms with Crippen LogP contribution in [0, 0.1) is 28.6 Å². The minimum Gasteiger partial charge on any atom is -0.198 e. The summed E-state index contributed by atoms with van der Waals surface area (Å²) in [6.07, 6.45) is -12.0. The predicted octanol–water partition coefficient (Wildman–Crippen LogP) is 4.45. The Morgan fingerprint density at radius 3 is 1.83 bits per heavy atom. The van der Waals surface area contributed by atoms with Gasteiger partial charge in [-0.15, -0.1) is 0 Å². The average molecular weight is 273 g/mol. The summed E-state index contributed by atoms with van der Waals surface area (Å²) in [5.41, 5.74) is -3.72. The molecule has 0 aromatic rings. The van der Waals surface area contributed by atoms with E-state index >= 15 is 0 Å². The Morgan fingerprint density at radius 2 is 1.50 bits per heavy atom. The highest BCUT2D eigenvalue weighted by molar-refractivity contribution is 5.08. The molecular weight excluding hydrogens is 260 g/mol. The highest BCUT2D eigenvalue weighted by atomic mass is 19.4. The van der Waals surface area contributed by atoms with E-state index in [1.54, 1.807) is 0 Å². The van der Waals surface area contributed by atoms with E-state index in [4.69, 9.17) is 5.26 Å². The first-order valence-corrected chi connectivity index (χ1v) is 5.63. The maximum Gasteiger partial charge on any atom is 0.403 e. The second-order valence-corrected chi connectivity index (χ2v) is 4.61. The van der Waals surface area contributed by atoms with Gasteiger partial charge in [0.1, 0.15) is 0 Å². The topological polar surface area (TPSA) is 23.8 Å². The standard InChI is InChI=1S/C11H13F6N/c1-2-7-3-4-8(5-6-18)9(7,10(12,13)14)11(15,16)17/h7-8H,2-5H2,1H3. The third-order valence-corrected chi connectivity index (χ3v) is 3.92. The van der Waals surface area contributed by atoms with Crippen LogP contribution in [0.15, 0.2) is 0 Å². The Kier molecular flexibility index (Phi) is 3.89. The van der Waals surface area contributed by atoms with E-state index < -0.39 is 36.0 Å². The smallest absolute Gasteiger partial charge is 0.198 e. The lowest BCUT2D eigenvalue weighted by Gasteiger charge is -2.42. The van der Waals surface area contributed by atoms with Crippen molar-refractivity contribution in [1.29, 1.82) is 5.26 Å². The lowest BCUT2D eigenvalue weighted by Crippen LogP contribution is -2.56. The van der Waals surface area contributed by atoms with Gasteiger partial charge in [0.05, 0.1) is 6.07 Å². The van der Waals surface area contributed by atoms with E-state index in [0.717, 1.165) is 0 Å². The van der Waals surface area contributed by atoms with Crippen LogP contribution in [0.4, 0.5) is 26.3 Å². The molecule has 0 aromatic carbocycles. The van der Waals surface area contributed by atoms with Crippen LogP contribution in [-0.4, -0.2) is 12.4 Å². The molecule has 2 unspecified atom stereocenters. The molecule has 2 atom stereocenters. The molecule has 0 amide bonds. The van der Waals surface area contributed by atoms with E-state index in [9.17, 15) is 26.3 Å². The highest BCUT2D eigenvalue weighted by Gasteiger charge is 2.77. The van der Waals surface area contributed by atoms with Gasteiger partial charge in [0.25, 0.3) is 0 Å². The third kappa shape index (κ3) is 1.95. The van der Waals surface area contributed by atoms with Gasteiger partial charge < -0.3 is 0 Å². The molecule has 1 fully saturated rings. The number of alkyl halides is 6. The summed E-state index contributed by atoms with van der Waals surface area (Å²) >= 11 is 0. The zero-order valence-corrected chi connectivity index (χ0v) is 9.70. The van der Waals surface area contributed by atoms with Gasteiger partial charge in [0, 0.05) is 6.42 Å². The van der Waals surface area contributed by atoms with Crippen molar-refractivity contribution in [1.82, 2.24) is 0 Å². The molecule has 0 aliphatic heterocycles. The maximum atomic E-state index is 13.1. The Bertz CT molecular complexity index is 323. The molecule has 0 spiro atoms. The van der Waals surface area contributed by atoms with Crippen molar-refractivity contribution in [2.75, 3.05) is 0 Å². The lowest BCUT2D eigenvalue weighted by atomic mass is 9.68. The van der Waals surface area contributed by atoms with E-state index in [1.807, 2.05) is 0 Å². The van der Waals surface area contributed by atoms with E-state index in [-0.39, 0.29) is 19.3 Å². The van der Waals surface area contributed by atoms with Crippen molar-refractivity contribution in [2.45, 2.75) is 45.0 Å². The fourth-order valence-corrected chi connectivity index (χ4v) is 3.18. The molecule has 1 aliphatic rings. The van der Waals surface area contributed by atoms with Crippen molar-refractivity contribution in [3.63, 3.8) is 0 Å². The molecule has 0 bridgehead atoms. The molecule has 1 nitrogen and oxygen atoms in total. The predicted molar refractivity (Wildman–Crippen MR) is 51.3 cm³/mol. The zero-order valence-electron chi connectivity index (χ0n) is 9.70. The summed E-state index contributed by atoms with van der Waals surface area (Å²) in [6.45, 7) is 1.33. The van der Waals surface area contributed by atoms with Gasteiger partial charge >= 0.3 is 12.4 Å². The SMILES string of the molecule is CCC1CCC(CC#N)C1(C(F)(F)F)C(F)(F)F. The van der Waals surface area contributed by atoms with Gasteiger partial charge in [-0.05, 0) is 24.7 Å². The molecule has 1 aliphatic carbocycles. The summed E-state index contributed by atoms with van der Waals surface area (Å²) in [5.74, 6) is -3.18. The summed E-state index contributed by atoms with van der Waals surface area (Å²) in [5, 5.41) is 8.46. The minimum absolute atomic E-state index is 0.137. The molecule has 0 N–H and O–H groups in total.